The van der Waals surface area contributed by atoms with Gasteiger partial charge in [-0.1, -0.05) is 36.2 Å². The number of rotatable bonds is 5. The first-order chi connectivity index (χ1) is 11.0. The van der Waals surface area contributed by atoms with Gasteiger partial charge in [-0.05, 0) is 36.8 Å². The Morgan fingerprint density at radius 2 is 1.78 bits per heavy atom. The van der Waals surface area contributed by atoms with Crippen LogP contribution in [-0.4, -0.2) is 23.3 Å². The molecule has 0 radical (unpaired) electrons. The second-order valence-corrected chi connectivity index (χ2v) is 5.59. The lowest BCUT2D eigenvalue weighted by Gasteiger charge is -2.08. The minimum atomic E-state index is -0.459. The molecule has 0 fully saturated rings. The molecule has 0 bridgehead atoms. The molecule has 5 nitrogen and oxygen atoms in total. The monoisotopic (exact) mass is 351 g/mol. The van der Waals surface area contributed by atoms with Crippen LogP contribution in [0.4, 0.5) is 5.69 Å². The molecule has 1 heterocycles. The molecule has 0 aliphatic heterocycles. The lowest BCUT2D eigenvalue weighted by Crippen LogP contribution is -2.26. The first-order valence-electron chi connectivity index (χ1n) is 7.03. The van der Waals surface area contributed by atoms with Gasteiger partial charge in [-0.15, -0.1) is 0 Å². The molecule has 0 unspecified atom stereocenters. The lowest BCUT2D eigenvalue weighted by molar-refractivity contribution is 0.0948. The van der Waals surface area contributed by atoms with Crippen LogP contribution in [0.3, 0.4) is 0 Å². The number of pyridine rings is 1. The minimum Gasteiger partial charge on any atom is -0.351 e. The Kier molecular flexibility index (Phi) is 5.96. The molecule has 2 N–H and O–H groups in total. The molecular formula is C16H15Cl2N3O2. The molecule has 0 spiro atoms. The predicted molar refractivity (Wildman–Crippen MR) is 91.3 cm³/mol. The largest absolute Gasteiger partial charge is 0.351 e. The Morgan fingerprint density at radius 3 is 2.43 bits per heavy atom. The predicted octanol–water partition coefficient (Wildman–Crippen LogP) is 3.78. The van der Waals surface area contributed by atoms with Gasteiger partial charge in [0, 0.05) is 11.6 Å². The van der Waals surface area contributed by atoms with Crippen molar-refractivity contribution in [1.82, 2.24) is 10.3 Å². The van der Waals surface area contributed by atoms with Gasteiger partial charge in [-0.3, -0.25) is 9.59 Å². The van der Waals surface area contributed by atoms with Gasteiger partial charge < -0.3 is 10.6 Å². The second kappa shape index (κ2) is 7.94. The highest BCUT2D eigenvalue weighted by Gasteiger charge is 2.13. The summed E-state index contributed by atoms with van der Waals surface area (Å²) in [6.07, 6.45) is 0.820. The smallest absolute Gasteiger partial charge is 0.274 e. The van der Waals surface area contributed by atoms with E-state index >= 15 is 0 Å². The normalized spacial score (nSPS) is 10.2. The molecule has 0 aliphatic carbocycles. The fourth-order valence-electron chi connectivity index (χ4n) is 1.79. The third-order valence-electron chi connectivity index (χ3n) is 2.93. The highest BCUT2D eigenvalue weighted by atomic mass is 35.5. The van der Waals surface area contributed by atoms with Gasteiger partial charge in [-0.25, -0.2) is 4.98 Å². The number of amides is 2. The molecule has 120 valence electrons. The van der Waals surface area contributed by atoms with Crippen LogP contribution in [0, 0.1) is 0 Å². The summed E-state index contributed by atoms with van der Waals surface area (Å²) in [7, 11) is 0. The number of nitrogens with one attached hydrogen (secondary N) is 2. The maximum Gasteiger partial charge on any atom is 0.274 e. The quantitative estimate of drug-likeness (QED) is 0.860. The summed E-state index contributed by atoms with van der Waals surface area (Å²) >= 11 is 11.8. The van der Waals surface area contributed by atoms with Crippen molar-refractivity contribution in [3.63, 3.8) is 0 Å². The second-order valence-electron chi connectivity index (χ2n) is 4.74. The summed E-state index contributed by atoms with van der Waals surface area (Å²) in [6, 6.07) is 9.42. The van der Waals surface area contributed by atoms with E-state index in [2.05, 4.69) is 15.6 Å². The molecule has 1 aromatic carbocycles. The van der Waals surface area contributed by atoms with Crippen molar-refractivity contribution in [3.8, 4) is 0 Å². The van der Waals surface area contributed by atoms with E-state index in [9.17, 15) is 9.59 Å². The van der Waals surface area contributed by atoms with Gasteiger partial charge in [-0.2, -0.15) is 0 Å². The van der Waals surface area contributed by atoms with E-state index in [0.29, 0.717) is 22.3 Å². The summed E-state index contributed by atoms with van der Waals surface area (Å²) < 4.78 is 0. The van der Waals surface area contributed by atoms with Crippen LogP contribution < -0.4 is 10.6 Å². The van der Waals surface area contributed by atoms with Crippen molar-refractivity contribution in [1.29, 1.82) is 0 Å². The highest BCUT2D eigenvalue weighted by Crippen LogP contribution is 2.25. The molecule has 0 aliphatic rings. The number of halogens is 2. The van der Waals surface area contributed by atoms with E-state index in [0.717, 1.165) is 6.42 Å². The molecule has 2 aromatic rings. The number of benzene rings is 1. The molecule has 2 amide bonds. The van der Waals surface area contributed by atoms with Gasteiger partial charge in [0.25, 0.3) is 11.8 Å². The molecular weight excluding hydrogens is 337 g/mol. The zero-order valence-electron chi connectivity index (χ0n) is 12.4. The number of carbonyl (C=O) groups excluding carboxylic acids is 2. The number of hydrogen-bond donors (Lipinski definition) is 2. The van der Waals surface area contributed by atoms with Crippen molar-refractivity contribution in [2.45, 2.75) is 13.3 Å². The van der Waals surface area contributed by atoms with E-state index in [1.54, 1.807) is 24.3 Å². The number of aromatic nitrogens is 1. The van der Waals surface area contributed by atoms with Gasteiger partial charge in [0.2, 0.25) is 0 Å². The van der Waals surface area contributed by atoms with Crippen LogP contribution in [-0.2, 0) is 0 Å². The molecule has 0 atom stereocenters. The van der Waals surface area contributed by atoms with Crippen LogP contribution in [0.2, 0.25) is 10.0 Å². The van der Waals surface area contributed by atoms with Crippen LogP contribution in [0.15, 0.2) is 36.4 Å². The highest BCUT2D eigenvalue weighted by molar-refractivity contribution is 6.36. The van der Waals surface area contributed by atoms with Gasteiger partial charge in [0.15, 0.2) is 0 Å². The van der Waals surface area contributed by atoms with Crippen LogP contribution in [0.1, 0.15) is 34.3 Å². The Hall–Kier alpha value is -2.11. The van der Waals surface area contributed by atoms with Crippen molar-refractivity contribution in [3.05, 3.63) is 57.8 Å². The zero-order valence-corrected chi connectivity index (χ0v) is 13.9. The number of anilines is 1. The number of hydrogen-bond acceptors (Lipinski definition) is 3. The van der Waals surface area contributed by atoms with Gasteiger partial charge in [0.05, 0.1) is 10.7 Å². The zero-order chi connectivity index (χ0) is 16.8. The SMILES string of the molecule is CCCNC(=O)c1cccc(C(=O)Nc2ccc(Cl)cc2Cl)n1. The maximum atomic E-state index is 12.2. The van der Waals surface area contributed by atoms with Crippen molar-refractivity contribution in [2.24, 2.45) is 0 Å². The molecule has 2 rings (SSSR count). The molecule has 1 aromatic heterocycles. The molecule has 0 saturated carbocycles. The molecule has 23 heavy (non-hydrogen) atoms. The summed E-state index contributed by atoms with van der Waals surface area (Å²) in [5, 5.41) is 6.15. The van der Waals surface area contributed by atoms with E-state index in [-0.39, 0.29) is 17.3 Å². The van der Waals surface area contributed by atoms with Crippen LogP contribution in [0.5, 0.6) is 0 Å². The average Bonchev–Trinajstić information content (AvgIpc) is 2.55. The molecule has 7 heteroatoms. The Morgan fingerprint density at radius 1 is 1.09 bits per heavy atom. The van der Waals surface area contributed by atoms with Crippen LogP contribution in [0.25, 0.3) is 0 Å². The third kappa shape index (κ3) is 4.68. The van der Waals surface area contributed by atoms with E-state index in [1.807, 2.05) is 6.92 Å². The fraction of sp³-hybridized carbons (Fsp3) is 0.188. The average molecular weight is 352 g/mol. The minimum absolute atomic E-state index is 0.125. The topological polar surface area (TPSA) is 71.1 Å². The number of nitrogens with zero attached hydrogens (tertiary/aromatic N) is 1. The first kappa shape index (κ1) is 17.2. The van der Waals surface area contributed by atoms with Crippen molar-refractivity contribution < 1.29 is 9.59 Å². The Labute approximate surface area is 144 Å². The lowest BCUT2D eigenvalue weighted by atomic mass is 10.2. The fourth-order valence-corrected chi connectivity index (χ4v) is 2.25. The molecule has 0 saturated heterocycles. The van der Waals surface area contributed by atoms with E-state index in [1.165, 1.54) is 12.1 Å². The first-order valence-corrected chi connectivity index (χ1v) is 7.78. The van der Waals surface area contributed by atoms with Crippen molar-refractivity contribution >= 4 is 40.7 Å². The van der Waals surface area contributed by atoms with Gasteiger partial charge >= 0.3 is 0 Å². The summed E-state index contributed by atoms with van der Waals surface area (Å²) in [5.74, 6) is -0.773. The Balaban J connectivity index is 2.15. The van der Waals surface area contributed by atoms with Crippen molar-refractivity contribution in [2.75, 3.05) is 11.9 Å². The third-order valence-corrected chi connectivity index (χ3v) is 3.48. The van der Waals surface area contributed by atoms with E-state index in [4.69, 9.17) is 23.2 Å². The van der Waals surface area contributed by atoms with E-state index < -0.39 is 5.91 Å². The summed E-state index contributed by atoms with van der Waals surface area (Å²) in [5.41, 5.74) is 0.733. The summed E-state index contributed by atoms with van der Waals surface area (Å²) in [4.78, 5) is 28.2. The maximum absolute atomic E-state index is 12.2. The standard InChI is InChI=1S/C16H15Cl2N3O2/c1-2-8-19-15(22)13-4-3-5-14(20-13)16(23)21-12-7-6-10(17)9-11(12)18/h3-7,9H,2,8H2,1H3,(H,19,22)(H,21,23). The van der Waals surface area contributed by atoms with Crippen LogP contribution >= 0.6 is 23.2 Å². The Bertz CT molecular complexity index is 735. The van der Waals surface area contributed by atoms with Gasteiger partial charge in [0.1, 0.15) is 11.4 Å². The number of carbonyl (C=O) groups is 2. The summed E-state index contributed by atoms with van der Waals surface area (Å²) in [6.45, 7) is 2.50.